The molecule has 2 aliphatic heterocycles. The number of rotatable bonds is 38. The standard InChI is InChI=1S/C77H103N7O10S/c1-9-10-15-39-82-66-25-13-11-23-63(66)76(5,6)70(82)35-31-58-21-18-22-59(32-36-71-77(7,8)64-24-12-14-26-67(64)83(71)40-16-17-51-95(87,88)89)73(58)60-29-27-57(28-30-60)55-79-37-19-41-90-43-45-92-47-49-94-50-48-93-46-44-91-42-20-38-80-65-52-61(33-34-62(65)74(78)86)84-68-53-75(3,4)54-69(85)72(68)56(2)81-84/h11-14,23-36,52,79H,9-10,15-22,37-51,53-55H2,1-8H3,(H3-,78,80,86,87,88,89)/p+1. The van der Waals surface area contributed by atoms with Crippen molar-refractivity contribution < 1.29 is 50.8 Å². The molecule has 95 heavy (non-hydrogen) atoms. The van der Waals surface area contributed by atoms with Gasteiger partial charge >= 0.3 is 0 Å². The largest absolute Gasteiger partial charge is 0.384 e. The van der Waals surface area contributed by atoms with Gasteiger partial charge in [0.1, 0.15) is 6.54 Å². The van der Waals surface area contributed by atoms with E-state index in [1.165, 1.54) is 68.9 Å². The third-order valence-electron chi connectivity index (χ3n) is 18.8. The van der Waals surface area contributed by atoms with Crippen LogP contribution in [0.4, 0.5) is 17.1 Å². The molecule has 18 heteroatoms. The number of hydrogen-bond acceptors (Lipinski definition) is 13. The Morgan fingerprint density at radius 3 is 2.05 bits per heavy atom. The molecule has 0 unspecified atom stereocenters. The van der Waals surface area contributed by atoms with E-state index < -0.39 is 16.0 Å². The van der Waals surface area contributed by atoms with Crippen LogP contribution in [-0.4, -0.2) is 143 Å². The average molecular weight is 1320 g/mol. The van der Waals surface area contributed by atoms with Crippen LogP contribution in [-0.2, 0) is 57.6 Å². The lowest BCUT2D eigenvalue weighted by Gasteiger charge is -2.29. The van der Waals surface area contributed by atoms with Crippen LogP contribution >= 0.6 is 0 Å². The molecule has 0 atom stereocenters. The number of hydrogen-bond donors (Lipinski definition) is 4. The number of carbonyl (C=O) groups is 2. The Kier molecular flexibility index (Phi) is 25.8. The monoisotopic (exact) mass is 1320 g/mol. The van der Waals surface area contributed by atoms with Crippen molar-refractivity contribution in [3.63, 3.8) is 0 Å². The van der Waals surface area contributed by atoms with Crippen molar-refractivity contribution in [2.24, 2.45) is 11.1 Å². The molecule has 0 spiro atoms. The van der Waals surface area contributed by atoms with Gasteiger partial charge in [0.25, 0.3) is 16.0 Å². The van der Waals surface area contributed by atoms with Crippen molar-refractivity contribution in [3.8, 4) is 5.69 Å². The number of allylic oxidation sites excluding steroid dienone is 8. The van der Waals surface area contributed by atoms with E-state index in [2.05, 4.69) is 166 Å². The average Bonchev–Trinajstić information content (AvgIpc) is 1.65. The number of aryl methyl sites for hydroxylation is 1. The summed E-state index contributed by atoms with van der Waals surface area (Å²) in [5.41, 5.74) is 23.2. The highest BCUT2D eigenvalue weighted by Gasteiger charge is 2.44. The minimum atomic E-state index is -4.03. The maximum atomic E-state index is 13.0. The first-order valence-corrected chi connectivity index (χ1v) is 36.2. The molecule has 0 fully saturated rings. The smallest absolute Gasteiger partial charge is 0.264 e. The summed E-state index contributed by atoms with van der Waals surface area (Å²) in [5.74, 6) is -0.655. The number of nitrogens with two attached hydrogens (primary N) is 1. The molecule has 0 saturated carbocycles. The van der Waals surface area contributed by atoms with Crippen molar-refractivity contribution in [2.45, 2.75) is 150 Å². The van der Waals surface area contributed by atoms with Crippen LogP contribution in [0.1, 0.15) is 173 Å². The predicted octanol–water partition coefficient (Wildman–Crippen LogP) is 13.5. The second-order valence-corrected chi connectivity index (χ2v) is 29.0. The SMILES string of the molecule is CCCCC[N+]1=C(/C=C/C2=C(c3ccc(CNCCCOCCOCCOCCOCCOCCCNc4cc(-n5nc(C)c6c5CC(C)(C)CC6=O)ccc4C(N)=O)cc3)C(=C/C=C3/N(CCCCS(=O)(=O)O)c4ccccc4C3(C)C)/CCC2)C(C)(C)c2ccccc21. The first-order chi connectivity index (χ1) is 45.7. The number of ketones is 1. The van der Waals surface area contributed by atoms with E-state index in [0.29, 0.717) is 127 Å². The summed E-state index contributed by atoms with van der Waals surface area (Å²) in [6, 6.07) is 31.9. The highest BCUT2D eigenvalue weighted by Crippen LogP contribution is 2.49. The lowest BCUT2D eigenvalue weighted by Crippen LogP contribution is -2.28. The summed E-state index contributed by atoms with van der Waals surface area (Å²) in [4.78, 5) is 27.6. The first kappa shape index (κ1) is 72.4. The molecule has 512 valence electrons. The molecule has 1 aromatic heterocycles. The maximum absolute atomic E-state index is 13.0. The maximum Gasteiger partial charge on any atom is 0.264 e. The topological polar surface area (TPSA) is 209 Å². The number of carbonyl (C=O) groups excluding carboxylic acids is 2. The Bertz CT molecular complexity index is 3730. The lowest BCUT2D eigenvalue weighted by molar-refractivity contribution is -0.438. The molecule has 2 aliphatic carbocycles. The number of primary amides is 1. The highest BCUT2D eigenvalue weighted by atomic mass is 32.2. The summed E-state index contributed by atoms with van der Waals surface area (Å²) in [5, 5.41) is 11.7. The fourth-order valence-corrected chi connectivity index (χ4v) is 14.5. The van der Waals surface area contributed by atoms with Crippen molar-refractivity contribution >= 4 is 50.2 Å². The number of benzene rings is 4. The predicted molar refractivity (Wildman–Crippen MR) is 381 cm³/mol. The number of nitrogens with one attached hydrogen (secondary N) is 2. The summed E-state index contributed by atoms with van der Waals surface area (Å²) in [7, 11) is -4.03. The number of nitrogens with zero attached hydrogens (tertiary/aromatic N) is 4. The Balaban J connectivity index is 0.690. The van der Waals surface area contributed by atoms with Gasteiger partial charge in [-0.3, -0.25) is 14.1 Å². The number of fused-ring (bicyclic) bond motifs is 3. The van der Waals surface area contributed by atoms with E-state index in [9.17, 15) is 22.6 Å². The second-order valence-electron chi connectivity index (χ2n) is 27.4. The summed E-state index contributed by atoms with van der Waals surface area (Å²) < 4.78 is 66.0. The van der Waals surface area contributed by atoms with Crippen molar-refractivity contribution in [1.29, 1.82) is 0 Å². The van der Waals surface area contributed by atoms with E-state index in [4.69, 9.17) is 34.5 Å². The first-order valence-electron chi connectivity index (χ1n) is 34.6. The molecule has 17 nitrogen and oxygen atoms in total. The van der Waals surface area contributed by atoms with Crippen LogP contribution in [0.25, 0.3) is 11.3 Å². The van der Waals surface area contributed by atoms with Crippen molar-refractivity contribution in [2.75, 3.05) is 108 Å². The zero-order chi connectivity index (χ0) is 67.6. The van der Waals surface area contributed by atoms with E-state index in [1.807, 2.05) is 23.7 Å². The molecular formula is C77H104N7O10S+. The summed E-state index contributed by atoms with van der Waals surface area (Å²) >= 11 is 0. The molecule has 0 saturated heterocycles. The normalized spacial score (nSPS) is 17.4. The van der Waals surface area contributed by atoms with Crippen LogP contribution in [0, 0.1) is 12.3 Å². The van der Waals surface area contributed by atoms with Crippen LogP contribution < -0.4 is 21.3 Å². The number of unbranched alkanes of at least 4 members (excludes halogenated alkanes) is 3. The number of Topliss-reactive ketones (excluding diaryl/α,β-unsaturated/α-hetero) is 1. The number of anilines is 2. The third kappa shape index (κ3) is 19.0. The zero-order valence-electron chi connectivity index (χ0n) is 57.7. The number of para-hydroxylation sites is 2. The zero-order valence-corrected chi connectivity index (χ0v) is 58.5. The Hall–Kier alpha value is -6.87. The van der Waals surface area contributed by atoms with E-state index in [0.717, 1.165) is 75.2 Å². The fraction of sp³-hybridized carbons (Fsp3) is 0.506. The van der Waals surface area contributed by atoms with Crippen LogP contribution in [0.15, 0.2) is 132 Å². The van der Waals surface area contributed by atoms with Gasteiger partial charge in [-0.1, -0.05) is 114 Å². The third-order valence-corrected chi connectivity index (χ3v) is 19.6. The van der Waals surface area contributed by atoms with Gasteiger partial charge in [-0.05, 0) is 154 Å². The fourth-order valence-electron chi connectivity index (χ4n) is 13.9. The van der Waals surface area contributed by atoms with Gasteiger partial charge in [0, 0.05) is 85.9 Å². The van der Waals surface area contributed by atoms with Gasteiger partial charge in [-0.25, -0.2) is 4.68 Å². The van der Waals surface area contributed by atoms with Gasteiger partial charge in [-0.15, -0.1) is 0 Å². The van der Waals surface area contributed by atoms with Crippen molar-refractivity contribution in [3.05, 3.63) is 177 Å². The van der Waals surface area contributed by atoms with Crippen LogP contribution in [0.5, 0.6) is 0 Å². The number of amides is 1. The van der Waals surface area contributed by atoms with E-state index in [-0.39, 0.29) is 27.8 Å². The number of ether oxygens (including phenoxy) is 5. The Labute approximate surface area is 565 Å². The molecule has 4 aliphatic rings. The van der Waals surface area contributed by atoms with Crippen molar-refractivity contribution in [1.82, 2.24) is 15.1 Å². The molecule has 5 aromatic rings. The Morgan fingerprint density at radius 1 is 0.726 bits per heavy atom. The van der Waals surface area contributed by atoms with Crippen LogP contribution in [0.3, 0.4) is 0 Å². The molecule has 5 N–H and O–H groups in total. The molecule has 9 rings (SSSR count). The van der Waals surface area contributed by atoms with E-state index >= 15 is 0 Å². The molecule has 4 aromatic carbocycles. The second kappa shape index (κ2) is 33.9. The lowest BCUT2D eigenvalue weighted by atomic mass is 9.75. The molecule has 0 bridgehead atoms. The quantitative estimate of drug-likeness (QED) is 0.0165. The molecule has 3 heterocycles. The number of aromatic nitrogens is 2. The van der Waals surface area contributed by atoms with E-state index in [1.54, 1.807) is 6.07 Å². The van der Waals surface area contributed by atoms with Gasteiger partial charge in [0.05, 0.1) is 92.2 Å². The van der Waals surface area contributed by atoms with Gasteiger partial charge in [-0.2, -0.15) is 18.1 Å². The molecule has 0 radical (unpaired) electrons. The van der Waals surface area contributed by atoms with Gasteiger partial charge < -0.3 is 45.0 Å². The summed E-state index contributed by atoms with van der Waals surface area (Å²) in [6.45, 7) is 26.3. The van der Waals surface area contributed by atoms with Crippen LogP contribution in [0.2, 0.25) is 0 Å². The summed E-state index contributed by atoms with van der Waals surface area (Å²) in [6.07, 6.45) is 19.8. The van der Waals surface area contributed by atoms with Gasteiger partial charge in [0.2, 0.25) is 5.69 Å². The minimum Gasteiger partial charge on any atom is -0.384 e. The Morgan fingerprint density at radius 2 is 1.38 bits per heavy atom. The minimum absolute atomic E-state index is 0.115. The molecular weight excluding hydrogens is 1210 g/mol. The molecule has 1 amide bonds. The highest BCUT2D eigenvalue weighted by molar-refractivity contribution is 7.85. The van der Waals surface area contributed by atoms with Gasteiger partial charge in [0.15, 0.2) is 11.5 Å².